The van der Waals surface area contributed by atoms with Crippen molar-refractivity contribution in [2.75, 3.05) is 12.0 Å². The molecule has 1 fully saturated rings. The van der Waals surface area contributed by atoms with Gasteiger partial charge >= 0.3 is 0 Å². The molecule has 0 spiro atoms. The van der Waals surface area contributed by atoms with E-state index in [-0.39, 0.29) is 17.6 Å². The second kappa shape index (κ2) is 6.00. The van der Waals surface area contributed by atoms with Crippen LogP contribution in [0.4, 0.5) is 4.39 Å². The zero-order valence-corrected chi connectivity index (χ0v) is 13.2. The Hall–Kier alpha value is -0.650. The topological polar surface area (TPSA) is 37.4 Å². The van der Waals surface area contributed by atoms with Crippen LogP contribution < -0.4 is 0 Å². The molecule has 0 saturated heterocycles. The van der Waals surface area contributed by atoms with Gasteiger partial charge in [0.15, 0.2) is 0 Å². The maximum Gasteiger partial charge on any atom is 0.148 e. The molecule has 0 N–H and O–H groups in total. The Morgan fingerprint density at radius 1 is 1.45 bits per heavy atom. The monoisotopic (exact) mass is 319 g/mol. The molecule has 0 heterocycles. The molecule has 1 aliphatic carbocycles. The molecule has 6 heteroatoms. The molecule has 1 atom stereocenters. The number of hydrogen-bond donors (Lipinski definition) is 0. The van der Waals surface area contributed by atoms with Crippen molar-refractivity contribution in [1.29, 1.82) is 0 Å². The SMILES string of the molecule is CC(CS(C)(=O)=O)N(Cc1ccc(F)cc1Cl)C1CC1. The first-order chi connectivity index (χ1) is 9.26. The third-order valence-corrected chi connectivity index (χ3v) is 4.93. The second-order valence-electron chi connectivity index (χ2n) is 5.58. The third kappa shape index (κ3) is 4.43. The maximum atomic E-state index is 13.1. The standard InChI is InChI=1S/C14H19ClFNO2S/c1-10(9-20(2,18)19)17(13-5-6-13)8-11-3-4-12(16)7-14(11)15/h3-4,7,10,13H,5-6,8-9H2,1-2H3. The van der Waals surface area contributed by atoms with E-state index in [0.717, 1.165) is 18.4 Å². The molecular weight excluding hydrogens is 301 g/mol. The first kappa shape index (κ1) is 15.7. The fraction of sp³-hybridized carbons (Fsp3) is 0.571. The van der Waals surface area contributed by atoms with Gasteiger partial charge in [0.2, 0.25) is 0 Å². The highest BCUT2D eigenvalue weighted by Gasteiger charge is 2.33. The van der Waals surface area contributed by atoms with E-state index in [2.05, 4.69) is 4.90 Å². The van der Waals surface area contributed by atoms with Crippen LogP contribution in [-0.4, -0.2) is 37.4 Å². The first-order valence-electron chi connectivity index (χ1n) is 6.63. The predicted molar refractivity (Wildman–Crippen MR) is 79.1 cm³/mol. The van der Waals surface area contributed by atoms with Crippen molar-refractivity contribution in [3.8, 4) is 0 Å². The van der Waals surface area contributed by atoms with Gasteiger partial charge in [-0.1, -0.05) is 17.7 Å². The summed E-state index contributed by atoms with van der Waals surface area (Å²) in [5.41, 5.74) is 0.834. The second-order valence-corrected chi connectivity index (χ2v) is 8.17. The molecule has 0 bridgehead atoms. The largest absolute Gasteiger partial charge is 0.292 e. The molecule has 112 valence electrons. The molecular formula is C14H19ClFNO2S. The molecule has 1 aliphatic rings. The van der Waals surface area contributed by atoms with Crippen molar-refractivity contribution >= 4 is 21.4 Å². The van der Waals surface area contributed by atoms with Gasteiger partial charge in [0.05, 0.1) is 5.75 Å². The number of benzene rings is 1. The lowest BCUT2D eigenvalue weighted by molar-refractivity contribution is 0.204. The predicted octanol–water partition coefficient (Wildman–Crippen LogP) is 2.88. The Labute approximate surface area is 124 Å². The zero-order valence-electron chi connectivity index (χ0n) is 11.6. The van der Waals surface area contributed by atoms with Gasteiger partial charge in [-0.25, -0.2) is 12.8 Å². The number of sulfone groups is 1. The highest BCUT2D eigenvalue weighted by atomic mass is 35.5. The van der Waals surface area contributed by atoms with E-state index in [1.807, 2.05) is 6.92 Å². The van der Waals surface area contributed by atoms with Crippen LogP contribution in [0.5, 0.6) is 0 Å². The van der Waals surface area contributed by atoms with Gasteiger partial charge in [-0.2, -0.15) is 0 Å². The van der Waals surface area contributed by atoms with Crippen LogP contribution in [0.15, 0.2) is 18.2 Å². The van der Waals surface area contributed by atoms with Gasteiger partial charge in [-0.3, -0.25) is 4.90 Å². The smallest absolute Gasteiger partial charge is 0.148 e. The van der Waals surface area contributed by atoms with E-state index in [4.69, 9.17) is 11.6 Å². The van der Waals surface area contributed by atoms with Crippen LogP contribution in [0.1, 0.15) is 25.3 Å². The normalized spacial score (nSPS) is 17.4. The average molecular weight is 320 g/mol. The van der Waals surface area contributed by atoms with E-state index < -0.39 is 9.84 Å². The number of nitrogens with zero attached hydrogens (tertiary/aromatic N) is 1. The van der Waals surface area contributed by atoms with Crippen molar-refractivity contribution < 1.29 is 12.8 Å². The minimum Gasteiger partial charge on any atom is -0.292 e. The van der Waals surface area contributed by atoms with Crippen LogP contribution in [0.25, 0.3) is 0 Å². The molecule has 0 aromatic heterocycles. The summed E-state index contributed by atoms with van der Waals surface area (Å²) in [5, 5.41) is 0.391. The van der Waals surface area contributed by atoms with E-state index >= 15 is 0 Å². The molecule has 1 saturated carbocycles. The molecule has 20 heavy (non-hydrogen) atoms. The van der Waals surface area contributed by atoms with Crippen molar-refractivity contribution in [3.63, 3.8) is 0 Å². The number of halogens is 2. The summed E-state index contributed by atoms with van der Waals surface area (Å²) in [6.07, 6.45) is 3.40. The van der Waals surface area contributed by atoms with E-state index in [9.17, 15) is 12.8 Å². The first-order valence-corrected chi connectivity index (χ1v) is 9.07. The Morgan fingerprint density at radius 2 is 2.10 bits per heavy atom. The van der Waals surface area contributed by atoms with Crippen molar-refractivity contribution in [2.45, 2.75) is 38.4 Å². The van der Waals surface area contributed by atoms with Crippen molar-refractivity contribution in [3.05, 3.63) is 34.6 Å². The quantitative estimate of drug-likeness (QED) is 0.809. The molecule has 1 unspecified atom stereocenters. The fourth-order valence-corrected chi connectivity index (χ4v) is 3.73. The van der Waals surface area contributed by atoms with Gasteiger partial charge in [-0.15, -0.1) is 0 Å². The maximum absolute atomic E-state index is 13.1. The molecule has 1 aromatic carbocycles. The Kier molecular flexibility index (Phi) is 4.72. The summed E-state index contributed by atoms with van der Waals surface area (Å²) in [4.78, 5) is 2.15. The zero-order chi connectivity index (χ0) is 14.9. The summed E-state index contributed by atoms with van der Waals surface area (Å²) in [6.45, 7) is 2.47. The van der Waals surface area contributed by atoms with Crippen LogP contribution in [0, 0.1) is 5.82 Å². The lowest BCUT2D eigenvalue weighted by Gasteiger charge is -2.29. The Morgan fingerprint density at radius 3 is 2.60 bits per heavy atom. The minimum absolute atomic E-state index is 0.0707. The van der Waals surface area contributed by atoms with Gasteiger partial charge in [0, 0.05) is 29.9 Å². The number of rotatable bonds is 6. The summed E-state index contributed by atoms with van der Waals surface area (Å²) in [7, 11) is -3.02. The highest BCUT2D eigenvalue weighted by Crippen LogP contribution is 2.32. The van der Waals surface area contributed by atoms with E-state index in [1.54, 1.807) is 6.07 Å². The van der Waals surface area contributed by atoms with Crippen molar-refractivity contribution in [1.82, 2.24) is 4.90 Å². The van der Waals surface area contributed by atoms with Crippen molar-refractivity contribution in [2.24, 2.45) is 0 Å². The molecule has 0 radical (unpaired) electrons. The summed E-state index contributed by atoms with van der Waals surface area (Å²) in [6, 6.07) is 4.68. The lowest BCUT2D eigenvalue weighted by Crippen LogP contribution is -2.39. The molecule has 1 aromatic rings. The lowest BCUT2D eigenvalue weighted by atomic mass is 10.2. The fourth-order valence-electron chi connectivity index (χ4n) is 2.43. The summed E-state index contributed by atoms with van der Waals surface area (Å²) in [5.74, 6) is -0.233. The molecule has 2 rings (SSSR count). The average Bonchev–Trinajstić information content (AvgIpc) is 3.09. The van der Waals surface area contributed by atoms with Gasteiger partial charge in [0.1, 0.15) is 15.7 Å². The minimum atomic E-state index is -3.02. The summed E-state index contributed by atoms with van der Waals surface area (Å²) >= 11 is 6.05. The van der Waals surface area contributed by atoms with Gasteiger partial charge in [-0.05, 0) is 37.5 Å². The van der Waals surface area contributed by atoms with Crippen LogP contribution in [-0.2, 0) is 16.4 Å². The van der Waals surface area contributed by atoms with E-state index in [0.29, 0.717) is 17.6 Å². The van der Waals surface area contributed by atoms with Gasteiger partial charge < -0.3 is 0 Å². The van der Waals surface area contributed by atoms with Gasteiger partial charge in [0.25, 0.3) is 0 Å². The van der Waals surface area contributed by atoms with Crippen LogP contribution in [0.3, 0.4) is 0 Å². The number of hydrogen-bond acceptors (Lipinski definition) is 3. The Bertz CT molecular complexity index is 587. The highest BCUT2D eigenvalue weighted by molar-refractivity contribution is 7.90. The summed E-state index contributed by atoms with van der Waals surface area (Å²) < 4.78 is 36.0. The Balaban J connectivity index is 2.13. The molecule has 0 amide bonds. The van der Waals surface area contributed by atoms with Crippen LogP contribution in [0.2, 0.25) is 5.02 Å². The van der Waals surface area contributed by atoms with Crippen LogP contribution >= 0.6 is 11.6 Å². The van der Waals surface area contributed by atoms with E-state index in [1.165, 1.54) is 18.4 Å². The molecule has 0 aliphatic heterocycles. The third-order valence-electron chi connectivity index (χ3n) is 3.49. The molecule has 3 nitrogen and oxygen atoms in total.